The van der Waals surface area contributed by atoms with E-state index < -0.39 is 0 Å². The van der Waals surface area contributed by atoms with E-state index in [-0.39, 0.29) is 5.91 Å². The van der Waals surface area contributed by atoms with E-state index in [1.165, 1.54) is 0 Å². The third-order valence-electron chi connectivity index (χ3n) is 5.48. The first kappa shape index (κ1) is 19.4. The maximum Gasteiger partial charge on any atom is 0.251 e. The number of nitrogens with one attached hydrogen (secondary N) is 2. The smallest absolute Gasteiger partial charge is 0.251 e. The van der Waals surface area contributed by atoms with Crippen LogP contribution in [0.15, 0.2) is 48.7 Å². The third-order valence-corrected chi connectivity index (χ3v) is 5.48. The average molecular weight is 415 g/mol. The minimum atomic E-state index is -0.0162. The number of carbonyl (C=O) groups is 1. The Morgan fingerprint density at radius 1 is 1.19 bits per heavy atom. The Hall–Kier alpha value is -3.61. The molecule has 7 heteroatoms. The quantitative estimate of drug-likeness (QED) is 0.413. The van der Waals surface area contributed by atoms with E-state index in [9.17, 15) is 4.79 Å². The molecule has 2 aromatic heterocycles. The van der Waals surface area contributed by atoms with Gasteiger partial charge in [-0.2, -0.15) is 0 Å². The summed E-state index contributed by atoms with van der Waals surface area (Å²) >= 11 is 0. The molecule has 5 rings (SSSR count). The van der Waals surface area contributed by atoms with Crippen LogP contribution in [0.4, 0.5) is 11.5 Å². The molecule has 0 bridgehead atoms. The summed E-state index contributed by atoms with van der Waals surface area (Å²) in [6.45, 7) is 5.10. The van der Waals surface area contributed by atoms with Crippen molar-refractivity contribution in [3.8, 4) is 11.3 Å². The lowest BCUT2D eigenvalue weighted by molar-refractivity contribution is 0.0951. The monoisotopic (exact) mass is 414 g/mol. The van der Waals surface area contributed by atoms with Crippen molar-refractivity contribution in [1.82, 2.24) is 19.7 Å². The van der Waals surface area contributed by atoms with Gasteiger partial charge >= 0.3 is 0 Å². The van der Waals surface area contributed by atoms with E-state index in [1.807, 2.05) is 48.7 Å². The van der Waals surface area contributed by atoms with Gasteiger partial charge in [0.05, 0.1) is 22.9 Å². The molecular formula is C24H26N6O. The van der Waals surface area contributed by atoms with E-state index in [0.717, 1.165) is 53.1 Å². The summed E-state index contributed by atoms with van der Waals surface area (Å²) < 4.78 is 2.10. The molecule has 0 atom stereocenters. The highest BCUT2D eigenvalue weighted by atomic mass is 16.1. The van der Waals surface area contributed by atoms with E-state index >= 15 is 0 Å². The molecule has 4 N–H and O–H groups in total. The Morgan fingerprint density at radius 3 is 2.68 bits per heavy atom. The van der Waals surface area contributed by atoms with Crippen LogP contribution in [-0.2, 0) is 0 Å². The van der Waals surface area contributed by atoms with Gasteiger partial charge in [-0.05, 0) is 49.1 Å². The van der Waals surface area contributed by atoms with Gasteiger partial charge in [0.2, 0.25) is 0 Å². The third kappa shape index (κ3) is 3.79. The summed E-state index contributed by atoms with van der Waals surface area (Å²) in [5.41, 5.74) is 11.8. The molecule has 0 radical (unpaired) electrons. The maximum absolute atomic E-state index is 12.3. The zero-order chi connectivity index (χ0) is 21.5. The summed E-state index contributed by atoms with van der Waals surface area (Å²) in [5.74, 6) is 1.19. The fourth-order valence-corrected chi connectivity index (χ4v) is 3.66. The Balaban J connectivity index is 1.60. The van der Waals surface area contributed by atoms with Crippen LogP contribution in [0.25, 0.3) is 27.9 Å². The lowest BCUT2D eigenvalue weighted by atomic mass is 10.1. The Morgan fingerprint density at radius 2 is 1.97 bits per heavy atom. The van der Waals surface area contributed by atoms with E-state index in [4.69, 9.17) is 10.7 Å². The molecule has 1 aliphatic rings. The first-order valence-electron chi connectivity index (χ1n) is 10.7. The molecule has 1 fully saturated rings. The molecule has 31 heavy (non-hydrogen) atoms. The highest BCUT2D eigenvalue weighted by Gasteiger charge is 2.24. The lowest BCUT2D eigenvalue weighted by Crippen LogP contribution is -2.25. The number of amides is 1. The lowest BCUT2D eigenvalue weighted by Gasteiger charge is -2.13. The van der Waals surface area contributed by atoms with Gasteiger partial charge in [-0.1, -0.05) is 26.0 Å². The molecule has 0 aliphatic heterocycles. The SMILES string of the molecule is CC(C)CNc1nc2cc(N)ccc2n2c(-c3ccc(C(=O)NC4CC4)cc3)cnc12. The van der Waals surface area contributed by atoms with Gasteiger partial charge in [-0.25, -0.2) is 9.97 Å². The number of rotatable bonds is 6. The van der Waals surface area contributed by atoms with Gasteiger partial charge in [0, 0.05) is 29.4 Å². The molecule has 2 heterocycles. The fraction of sp³-hybridized carbons (Fsp3) is 0.292. The molecular weight excluding hydrogens is 388 g/mol. The molecule has 0 spiro atoms. The average Bonchev–Trinajstić information content (AvgIpc) is 3.46. The number of nitrogens with zero attached hydrogens (tertiary/aromatic N) is 3. The van der Waals surface area contributed by atoms with E-state index in [1.54, 1.807) is 0 Å². The number of aromatic nitrogens is 3. The van der Waals surface area contributed by atoms with Crippen LogP contribution in [0.2, 0.25) is 0 Å². The van der Waals surface area contributed by atoms with Crippen LogP contribution in [-0.4, -0.2) is 32.9 Å². The van der Waals surface area contributed by atoms with Gasteiger partial charge in [0.15, 0.2) is 11.5 Å². The molecule has 7 nitrogen and oxygen atoms in total. The Bertz CT molecular complexity index is 1270. The predicted octanol–water partition coefficient (Wildman–Crippen LogP) is 4.09. The molecule has 2 aromatic carbocycles. The summed E-state index contributed by atoms with van der Waals surface area (Å²) in [6.07, 6.45) is 4.00. The molecule has 0 unspecified atom stereocenters. The number of nitrogens with two attached hydrogens (primary N) is 1. The van der Waals surface area contributed by atoms with Gasteiger partial charge in [-0.15, -0.1) is 0 Å². The largest absolute Gasteiger partial charge is 0.399 e. The fourth-order valence-electron chi connectivity index (χ4n) is 3.66. The first-order valence-corrected chi connectivity index (χ1v) is 10.7. The zero-order valence-electron chi connectivity index (χ0n) is 17.7. The van der Waals surface area contributed by atoms with Crippen molar-refractivity contribution in [2.24, 2.45) is 5.92 Å². The summed E-state index contributed by atoms with van der Waals surface area (Å²) in [7, 11) is 0. The minimum absolute atomic E-state index is 0.0162. The first-order chi connectivity index (χ1) is 15.0. The van der Waals surface area contributed by atoms with Crippen molar-refractivity contribution in [3.63, 3.8) is 0 Å². The summed E-state index contributed by atoms with van der Waals surface area (Å²) in [4.78, 5) is 21.8. The molecule has 1 amide bonds. The highest BCUT2D eigenvalue weighted by molar-refractivity contribution is 5.95. The predicted molar refractivity (Wildman–Crippen MR) is 124 cm³/mol. The number of nitrogen functional groups attached to an aromatic ring is 1. The second-order valence-electron chi connectivity index (χ2n) is 8.61. The molecule has 0 saturated heterocycles. The molecule has 4 aromatic rings. The van der Waals surface area contributed by atoms with Crippen LogP contribution in [0.1, 0.15) is 37.0 Å². The van der Waals surface area contributed by atoms with Crippen molar-refractivity contribution < 1.29 is 4.79 Å². The Kier molecular flexibility index (Phi) is 4.73. The number of hydrogen-bond acceptors (Lipinski definition) is 5. The van der Waals surface area contributed by atoms with Crippen molar-refractivity contribution in [2.75, 3.05) is 17.6 Å². The number of anilines is 2. The molecule has 158 valence electrons. The minimum Gasteiger partial charge on any atom is -0.399 e. The van der Waals surface area contributed by atoms with Crippen LogP contribution >= 0.6 is 0 Å². The van der Waals surface area contributed by atoms with E-state index in [2.05, 4.69) is 33.9 Å². The number of hydrogen-bond donors (Lipinski definition) is 3. The van der Waals surface area contributed by atoms with Gasteiger partial charge in [0.25, 0.3) is 5.91 Å². The van der Waals surface area contributed by atoms with Crippen LogP contribution in [0, 0.1) is 5.92 Å². The Labute approximate surface area is 180 Å². The standard InChI is InChI=1S/C24H26N6O/c1-14(2)12-26-22-23-27-13-21(30(23)20-10-7-17(25)11-19(20)29-22)15-3-5-16(6-4-15)24(31)28-18-8-9-18/h3-7,10-11,13-14,18H,8-9,12,25H2,1-2H3,(H,26,29)(H,28,31). The number of fused-ring (bicyclic) bond motifs is 3. The van der Waals surface area contributed by atoms with Crippen LogP contribution < -0.4 is 16.4 Å². The van der Waals surface area contributed by atoms with Gasteiger partial charge in [0.1, 0.15) is 0 Å². The zero-order valence-corrected chi connectivity index (χ0v) is 17.7. The maximum atomic E-state index is 12.3. The number of imidazole rings is 1. The van der Waals surface area contributed by atoms with Crippen LogP contribution in [0.3, 0.4) is 0 Å². The van der Waals surface area contributed by atoms with Crippen LogP contribution in [0.5, 0.6) is 0 Å². The number of benzene rings is 2. The summed E-state index contributed by atoms with van der Waals surface area (Å²) in [6, 6.07) is 13.7. The topological polar surface area (TPSA) is 97.3 Å². The van der Waals surface area contributed by atoms with Gasteiger partial charge in [-0.3, -0.25) is 9.20 Å². The number of carbonyl (C=O) groups excluding carboxylic acids is 1. The molecule has 1 saturated carbocycles. The van der Waals surface area contributed by atoms with E-state index in [0.29, 0.717) is 23.2 Å². The second kappa shape index (κ2) is 7.58. The van der Waals surface area contributed by atoms with Gasteiger partial charge < -0.3 is 16.4 Å². The van der Waals surface area contributed by atoms with Crippen molar-refractivity contribution in [1.29, 1.82) is 0 Å². The second-order valence-corrected chi connectivity index (χ2v) is 8.61. The summed E-state index contributed by atoms with van der Waals surface area (Å²) in [5, 5.41) is 6.45. The van der Waals surface area contributed by atoms with Crippen molar-refractivity contribution in [2.45, 2.75) is 32.7 Å². The normalized spacial score (nSPS) is 13.8. The van der Waals surface area contributed by atoms with Crippen molar-refractivity contribution in [3.05, 3.63) is 54.2 Å². The highest BCUT2D eigenvalue weighted by Crippen LogP contribution is 2.29. The molecule has 1 aliphatic carbocycles. The van der Waals surface area contributed by atoms with Crippen molar-refractivity contribution >= 4 is 34.1 Å².